The molecule has 0 aliphatic rings. The lowest BCUT2D eigenvalue weighted by Gasteiger charge is -2.25. The molecule has 122 valence electrons. The van der Waals surface area contributed by atoms with E-state index >= 15 is 0 Å². The van der Waals surface area contributed by atoms with Crippen LogP contribution in [0.1, 0.15) is 70.9 Å². The standard InChI is InChI=1S/C17H33N3S/c1-8-9-18-11-15-16(13(4)5)19-17(21-15)20(7)14(6)10-12(2)3/h12-14,18H,8-11H2,1-7H3. The number of nitrogens with one attached hydrogen (secondary N) is 1. The Hall–Kier alpha value is -0.610. The van der Waals surface area contributed by atoms with Crippen LogP contribution < -0.4 is 10.2 Å². The number of hydrogen-bond acceptors (Lipinski definition) is 4. The topological polar surface area (TPSA) is 28.2 Å². The molecule has 0 spiro atoms. The second kappa shape index (κ2) is 8.74. The number of anilines is 1. The molecule has 21 heavy (non-hydrogen) atoms. The summed E-state index contributed by atoms with van der Waals surface area (Å²) in [4.78, 5) is 8.67. The van der Waals surface area contributed by atoms with Crippen LogP contribution in [-0.2, 0) is 6.54 Å². The Morgan fingerprint density at radius 2 is 1.86 bits per heavy atom. The van der Waals surface area contributed by atoms with Gasteiger partial charge in [0.2, 0.25) is 0 Å². The molecule has 0 aliphatic carbocycles. The van der Waals surface area contributed by atoms with Gasteiger partial charge in [-0.25, -0.2) is 4.98 Å². The molecule has 1 heterocycles. The molecule has 1 rings (SSSR count). The summed E-state index contributed by atoms with van der Waals surface area (Å²) in [5, 5.41) is 4.68. The van der Waals surface area contributed by atoms with Crippen LogP contribution in [0.3, 0.4) is 0 Å². The van der Waals surface area contributed by atoms with Gasteiger partial charge in [0.1, 0.15) is 0 Å². The minimum atomic E-state index is 0.488. The monoisotopic (exact) mass is 311 g/mol. The van der Waals surface area contributed by atoms with Gasteiger partial charge in [-0.3, -0.25) is 0 Å². The Bertz CT molecular complexity index is 412. The first-order valence-electron chi connectivity index (χ1n) is 8.29. The fraction of sp³-hybridized carbons (Fsp3) is 0.824. The first-order chi connectivity index (χ1) is 9.86. The number of thiazole rings is 1. The zero-order chi connectivity index (χ0) is 16.0. The molecule has 0 amide bonds. The van der Waals surface area contributed by atoms with Crippen molar-refractivity contribution in [1.82, 2.24) is 10.3 Å². The number of nitrogens with zero attached hydrogens (tertiary/aromatic N) is 2. The molecule has 1 aromatic heterocycles. The Morgan fingerprint density at radius 3 is 2.38 bits per heavy atom. The van der Waals surface area contributed by atoms with Gasteiger partial charge >= 0.3 is 0 Å². The summed E-state index contributed by atoms with van der Waals surface area (Å²) in [7, 11) is 2.18. The van der Waals surface area contributed by atoms with Crippen molar-refractivity contribution >= 4 is 16.5 Å². The lowest BCUT2D eigenvalue weighted by Crippen LogP contribution is -2.29. The molecule has 4 heteroatoms. The van der Waals surface area contributed by atoms with E-state index in [1.807, 2.05) is 11.3 Å². The predicted molar refractivity (Wildman–Crippen MR) is 95.5 cm³/mol. The molecule has 0 fully saturated rings. The smallest absolute Gasteiger partial charge is 0.185 e. The van der Waals surface area contributed by atoms with Gasteiger partial charge in [0.25, 0.3) is 0 Å². The Balaban J connectivity index is 2.85. The Kier molecular flexibility index (Phi) is 7.67. The normalized spacial score (nSPS) is 13.2. The lowest BCUT2D eigenvalue weighted by molar-refractivity contribution is 0.503. The van der Waals surface area contributed by atoms with Crippen LogP contribution in [0, 0.1) is 5.92 Å². The molecule has 0 aromatic carbocycles. The fourth-order valence-corrected chi connectivity index (χ4v) is 3.74. The van der Waals surface area contributed by atoms with Crippen LogP contribution in [0.4, 0.5) is 5.13 Å². The zero-order valence-corrected chi connectivity index (χ0v) is 15.7. The summed E-state index contributed by atoms with van der Waals surface area (Å²) in [5.74, 6) is 1.21. The number of rotatable bonds is 9. The third-order valence-electron chi connectivity index (χ3n) is 3.75. The van der Waals surface area contributed by atoms with E-state index in [-0.39, 0.29) is 0 Å². The van der Waals surface area contributed by atoms with E-state index in [1.165, 1.54) is 28.5 Å². The SMILES string of the molecule is CCCNCc1sc(N(C)C(C)CC(C)C)nc1C(C)C. The summed E-state index contributed by atoms with van der Waals surface area (Å²) in [6, 6.07) is 0.535. The first-order valence-corrected chi connectivity index (χ1v) is 9.11. The van der Waals surface area contributed by atoms with Gasteiger partial charge in [-0.15, -0.1) is 11.3 Å². The average molecular weight is 312 g/mol. The molecular formula is C17H33N3S. The van der Waals surface area contributed by atoms with E-state index in [2.05, 4.69) is 58.8 Å². The van der Waals surface area contributed by atoms with E-state index in [9.17, 15) is 0 Å². The molecule has 1 N–H and O–H groups in total. The predicted octanol–water partition coefficient (Wildman–Crippen LogP) is 4.64. The highest BCUT2D eigenvalue weighted by Crippen LogP contribution is 2.31. The molecular weight excluding hydrogens is 278 g/mol. The van der Waals surface area contributed by atoms with Gasteiger partial charge in [0, 0.05) is 24.5 Å². The molecule has 0 bridgehead atoms. The zero-order valence-electron chi connectivity index (χ0n) is 14.9. The van der Waals surface area contributed by atoms with Crippen molar-refractivity contribution in [3.8, 4) is 0 Å². The fourth-order valence-electron chi connectivity index (χ4n) is 2.49. The summed E-state index contributed by atoms with van der Waals surface area (Å²) < 4.78 is 0. The van der Waals surface area contributed by atoms with Crippen LogP contribution >= 0.6 is 11.3 Å². The van der Waals surface area contributed by atoms with Crippen molar-refractivity contribution in [2.24, 2.45) is 5.92 Å². The van der Waals surface area contributed by atoms with Crippen molar-refractivity contribution in [2.75, 3.05) is 18.5 Å². The Morgan fingerprint density at radius 1 is 1.19 bits per heavy atom. The van der Waals surface area contributed by atoms with E-state index < -0.39 is 0 Å². The molecule has 3 nitrogen and oxygen atoms in total. The first kappa shape index (κ1) is 18.4. The van der Waals surface area contributed by atoms with Crippen molar-refractivity contribution in [3.05, 3.63) is 10.6 Å². The second-order valence-corrected chi connectivity index (χ2v) is 7.79. The third kappa shape index (κ3) is 5.59. The van der Waals surface area contributed by atoms with E-state index in [4.69, 9.17) is 4.98 Å². The average Bonchev–Trinajstić information content (AvgIpc) is 2.81. The maximum Gasteiger partial charge on any atom is 0.185 e. The van der Waals surface area contributed by atoms with Crippen molar-refractivity contribution in [1.29, 1.82) is 0 Å². The highest BCUT2D eigenvalue weighted by atomic mass is 32.1. The highest BCUT2D eigenvalue weighted by molar-refractivity contribution is 7.15. The third-order valence-corrected chi connectivity index (χ3v) is 4.91. The van der Waals surface area contributed by atoms with E-state index in [1.54, 1.807) is 0 Å². The van der Waals surface area contributed by atoms with Crippen LogP contribution in [0.5, 0.6) is 0 Å². The maximum absolute atomic E-state index is 4.92. The number of hydrogen-bond donors (Lipinski definition) is 1. The number of aromatic nitrogens is 1. The minimum absolute atomic E-state index is 0.488. The summed E-state index contributed by atoms with van der Waals surface area (Å²) in [6.45, 7) is 15.6. The van der Waals surface area contributed by atoms with Gasteiger partial charge in [0.15, 0.2) is 5.13 Å². The quantitative estimate of drug-likeness (QED) is 0.674. The van der Waals surface area contributed by atoms with Gasteiger partial charge in [-0.05, 0) is 38.1 Å². The van der Waals surface area contributed by atoms with Gasteiger partial charge < -0.3 is 10.2 Å². The minimum Gasteiger partial charge on any atom is -0.348 e. The second-order valence-electron chi connectivity index (χ2n) is 6.73. The van der Waals surface area contributed by atoms with Crippen LogP contribution in [0.2, 0.25) is 0 Å². The lowest BCUT2D eigenvalue weighted by atomic mass is 10.0. The summed E-state index contributed by atoms with van der Waals surface area (Å²) in [6.07, 6.45) is 2.38. The molecule has 1 aromatic rings. The van der Waals surface area contributed by atoms with Crippen LogP contribution in [0.15, 0.2) is 0 Å². The van der Waals surface area contributed by atoms with Crippen molar-refractivity contribution in [3.63, 3.8) is 0 Å². The molecule has 0 saturated heterocycles. The van der Waals surface area contributed by atoms with Gasteiger partial charge in [0.05, 0.1) is 5.69 Å². The van der Waals surface area contributed by atoms with Gasteiger partial charge in [-0.2, -0.15) is 0 Å². The van der Waals surface area contributed by atoms with Gasteiger partial charge in [-0.1, -0.05) is 34.6 Å². The molecule has 0 radical (unpaired) electrons. The van der Waals surface area contributed by atoms with Crippen LogP contribution in [0.25, 0.3) is 0 Å². The molecule has 0 aliphatic heterocycles. The largest absolute Gasteiger partial charge is 0.348 e. The highest BCUT2D eigenvalue weighted by Gasteiger charge is 2.19. The maximum atomic E-state index is 4.92. The summed E-state index contributed by atoms with van der Waals surface area (Å²) >= 11 is 1.85. The molecule has 1 atom stereocenters. The van der Waals surface area contributed by atoms with E-state index in [0.29, 0.717) is 12.0 Å². The van der Waals surface area contributed by atoms with Crippen LogP contribution in [-0.4, -0.2) is 24.6 Å². The van der Waals surface area contributed by atoms with Crippen molar-refractivity contribution in [2.45, 2.75) is 72.9 Å². The van der Waals surface area contributed by atoms with Crippen molar-refractivity contribution < 1.29 is 0 Å². The Labute approximate surface area is 135 Å². The molecule has 1 unspecified atom stereocenters. The molecule has 0 saturated carbocycles. The van der Waals surface area contributed by atoms with E-state index in [0.717, 1.165) is 19.0 Å². The summed E-state index contributed by atoms with van der Waals surface area (Å²) in [5.41, 5.74) is 1.27.